The topological polar surface area (TPSA) is 39.1 Å². The first kappa shape index (κ1) is 16.0. The standard InChI is InChI=1S/C16H22BrN3O/c1-11(2)18-8-14-6-15(17)5-12(3)16(14)21-10-13-7-19-20(4)9-13/h5-7,9,11,18H,8,10H2,1-4H3. The highest BCUT2D eigenvalue weighted by Gasteiger charge is 2.10. The lowest BCUT2D eigenvalue weighted by molar-refractivity contribution is 0.299. The van der Waals surface area contributed by atoms with Crippen LogP contribution in [0.25, 0.3) is 0 Å². The van der Waals surface area contributed by atoms with Crippen molar-refractivity contribution in [3.63, 3.8) is 0 Å². The minimum absolute atomic E-state index is 0.440. The molecule has 0 radical (unpaired) electrons. The minimum Gasteiger partial charge on any atom is -0.488 e. The van der Waals surface area contributed by atoms with Crippen molar-refractivity contribution in [3.05, 3.63) is 45.7 Å². The van der Waals surface area contributed by atoms with Crippen LogP contribution in [0.15, 0.2) is 29.0 Å². The van der Waals surface area contributed by atoms with Crippen LogP contribution in [-0.2, 0) is 20.2 Å². The van der Waals surface area contributed by atoms with Crippen molar-refractivity contribution >= 4 is 15.9 Å². The number of ether oxygens (including phenoxy) is 1. The molecule has 5 heteroatoms. The Bertz CT molecular complexity index is 608. The van der Waals surface area contributed by atoms with E-state index < -0.39 is 0 Å². The quantitative estimate of drug-likeness (QED) is 0.864. The molecule has 4 nitrogen and oxygen atoms in total. The monoisotopic (exact) mass is 351 g/mol. The summed E-state index contributed by atoms with van der Waals surface area (Å²) in [4.78, 5) is 0. The van der Waals surface area contributed by atoms with E-state index in [1.54, 1.807) is 4.68 Å². The van der Waals surface area contributed by atoms with Gasteiger partial charge < -0.3 is 10.1 Å². The van der Waals surface area contributed by atoms with Gasteiger partial charge in [-0.05, 0) is 24.6 Å². The van der Waals surface area contributed by atoms with Crippen LogP contribution in [0.3, 0.4) is 0 Å². The SMILES string of the molecule is Cc1cc(Br)cc(CNC(C)C)c1OCc1cnn(C)c1. The zero-order valence-electron chi connectivity index (χ0n) is 13.0. The Morgan fingerprint density at radius 2 is 2.14 bits per heavy atom. The van der Waals surface area contributed by atoms with Gasteiger partial charge in [-0.2, -0.15) is 5.10 Å². The number of aromatic nitrogens is 2. The Morgan fingerprint density at radius 1 is 1.38 bits per heavy atom. The molecule has 0 saturated carbocycles. The average Bonchev–Trinajstić information content (AvgIpc) is 2.80. The molecule has 21 heavy (non-hydrogen) atoms. The number of nitrogens with zero attached hydrogens (tertiary/aromatic N) is 2. The van der Waals surface area contributed by atoms with Crippen molar-refractivity contribution in [3.8, 4) is 5.75 Å². The molecule has 2 rings (SSSR count). The number of benzene rings is 1. The zero-order valence-corrected chi connectivity index (χ0v) is 14.6. The van der Waals surface area contributed by atoms with Crippen LogP contribution in [0, 0.1) is 6.92 Å². The summed E-state index contributed by atoms with van der Waals surface area (Å²) < 4.78 is 8.90. The first-order valence-corrected chi connectivity index (χ1v) is 7.87. The fourth-order valence-electron chi connectivity index (χ4n) is 2.15. The molecule has 1 heterocycles. The summed E-state index contributed by atoms with van der Waals surface area (Å²) in [7, 11) is 1.91. The van der Waals surface area contributed by atoms with Gasteiger partial charge in [0.15, 0.2) is 0 Å². The molecular formula is C16H22BrN3O. The predicted molar refractivity (Wildman–Crippen MR) is 88.4 cm³/mol. The fraction of sp³-hybridized carbons (Fsp3) is 0.438. The normalized spacial score (nSPS) is 11.1. The molecule has 0 aliphatic carbocycles. The van der Waals surface area contributed by atoms with E-state index in [-0.39, 0.29) is 0 Å². The van der Waals surface area contributed by atoms with E-state index in [1.165, 1.54) is 5.56 Å². The van der Waals surface area contributed by atoms with E-state index in [9.17, 15) is 0 Å². The molecule has 114 valence electrons. The molecular weight excluding hydrogens is 330 g/mol. The van der Waals surface area contributed by atoms with Crippen LogP contribution in [0.1, 0.15) is 30.5 Å². The van der Waals surface area contributed by atoms with E-state index >= 15 is 0 Å². The number of hydrogen-bond acceptors (Lipinski definition) is 3. The predicted octanol–water partition coefficient (Wildman–Crippen LogP) is 3.57. The molecule has 0 spiro atoms. The van der Waals surface area contributed by atoms with Gasteiger partial charge >= 0.3 is 0 Å². The summed E-state index contributed by atoms with van der Waals surface area (Å²) in [6.07, 6.45) is 3.81. The van der Waals surface area contributed by atoms with Gasteiger partial charge in [0.1, 0.15) is 12.4 Å². The highest BCUT2D eigenvalue weighted by Crippen LogP contribution is 2.29. The van der Waals surface area contributed by atoms with E-state index in [2.05, 4.69) is 59.2 Å². The van der Waals surface area contributed by atoms with Crippen molar-refractivity contribution in [2.45, 2.75) is 40.0 Å². The Morgan fingerprint density at radius 3 is 2.76 bits per heavy atom. The Balaban J connectivity index is 2.15. The molecule has 0 atom stereocenters. The van der Waals surface area contributed by atoms with Gasteiger partial charge in [0.05, 0.1) is 6.20 Å². The molecule has 1 aromatic carbocycles. The highest BCUT2D eigenvalue weighted by atomic mass is 79.9. The fourth-order valence-corrected chi connectivity index (χ4v) is 2.77. The molecule has 2 aromatic rings. The zero-order chi connectivity index (χ0) is 15.4. The third-order valence-electron chi connectivity index (χ3n) is 3.16. The van der Waals surface area contributed by atoms with E-state index in [4.69, 9.17) is 4.74 Å². The minimum atomic E-state index is 0.440. The van der Waals surface area contributed by atoms with Gasteiger partial charge in [0, 0.05) is 41.4 Å². The van der Waals surface area contributed by atoms with Crippen LogP contribution in [0.5, 0.6) is 5.75 Å². The van der Waals surface area contributed by atoms with Crippen LogP contribution in [0.2, 0.25) is 0 Å². The first-order chi connectivity index (χ1) is 9.95. The Hall–Kier alpha value is -1.33. The number of hydrogen-bond donors (Lipinski definition) is 1. The van der Waals surface area contributed by atoms with Crippen LogP contribution >= 0.6 is 15.9 Å². The molecule has 0 amide bonds. The molecule has 0 bridgehead atoms. The highest BCUT2D eigenvalue weighted by molar-refractivity contribution is 9.10. The number of halogens is 1. The maximum absolute atomic E-state index is 6.04. The number of rotatable bonds is 6. The van der Waals surface area contributed by atoms with E-state index in [0.29, 0.717) is 12.6 Å². The summed E-state index contributed by atoms with van der Waals surface area (Å²) >= 11 is 3.56. The van der Waals surface area contributed by atoms with Crippen LogP contribution in [0.4, 0.5) is 0 Å². The third kappa shape index (κ3) is 4.58. The summed E-state index contributed by atoms with van der Waals surface area (Å²) in [5, 5.41) is 7.61. The van der Waals surface area contributed by atoms with Crippen molar-refractivity contribution in [1.82, 2.24) is 15.1 Å². The average molecular weight is 352 g/mol. The van der Waals surface area contributed by atoms with Gasteiger partial charge in [-0.1, -0.05) is 29.8 Å². The maximum Gasteiger partial charge on any atom is 0.127 e. The van der Waals surface area contributed by atoms with Gasteiger partial charge in [0.2, 0.25) is 0 Å². The van der Waals surface area contributed by atoms with Crippen molar-refractivity contribution in [1.29, 1.82) is 0 Å². The lowest BCUT2D eigenvalue weighted by Gasteiger charge is -2.16. The molecule has 0 saturated heterocycles. The van der Waals surface area contributed by atoms with Crippen molar-refractivity contribution in [2.24, 2.45) is 7.05 Å². The molecule has 0 unspecified atom stereocenters. The van der Waals surface area contributed by atoms with E-state index in [0.717, 1.165) is 27.9 Å². The Kier molecular flexibility index (Phi) is 5.42. The van der Waals surface area contributed by atoms with Gasteiger partial charge in [0.25, 0.3) is 0 Å². The van der Waals surface area contributed by atoms with E-state index in [1.807, 2.05) is 19.4 Å². The lowest BCUT2D eigenvalue weighted by Crippen LogP contribution is -2.22. The third-order valence-corrected chi connectivity index (χ3v) is 3.62. The smallest absolute Gasteiger partial charge is 0.127 e. The molecule has 0 fully saturated rings. The van der Waals surface area contributed by atoms with Gasteiger partial charge in [-0.3, -0.25) is 4.68 Å². The first-order valence-electron chi connectivity index (χ1n) is 7.08. The van der Waals surface area contributed by atoms with Crippen molar-refractivity contribution in [2.75, 3.05) is 0 Å². The summed E-state index contributed by atoms with van der Waals surface area (Å²) in [6, 6.07) is 4.63. The second-order valence-corrected chi connectivity index (χ2v) is 6.47. The second-order valence-electron chi connectivity index (χ2n) is 5.56. The van der Waals surface area contributed by atoms with Crippen LogP contribution in [-0.4, -0.2) is 15.8 Å². The van der Waals surface area contributed by atoms with Gasteiger partial charge in [-0.15, -0.1) is 0 Å². The van der Waals surface area contributed by atoms with Crippen molar-refractivity contribution < 1.29 is 4.74 Å². The molecule has 0 aliphatic heterocycles. The summed E-state index contributed by atoms with van der Waals surface area (Å²) in [6.45, 7) is 7.68. The maximum atomic E-state index is 6.04. The van der Waals surface area contributed by atoms with Gasteiger partial charge in [-0.25, -0.2) is 0 Å². The summed E-state index contributed by atoms with van der Waals surface area (Å²) in [5.74, 6) is 0.954. The molecule has 1 aromatic heterocycles. The second kappa shape index (κ2) is 7.09. The molecule has 1 N–H and O–H groups in total. The molecule has 0 aliphatic rings. The lowest BCUT2D eigenvalue weighted by atomic mass is 10.1. The summed E-state index contributed by atoms with van der Waals surface area (Å²) in [5.41, 5.74) is 3.37. The largest absolute Gasteiger partial charge is 0.488 e. The number of nitrogens with one attached hydrogen (secondary N) is 1. The number of aryl methyl sites for hydroxylation is 2. The van der Waals surface area contributed by atoms with Crippen LogP contribution < -0.4 is 10.1 Å². The Labute approximate surface area is 134 Å².